The molecular formula is C11H8ClF2N3O2S. The first-order chi connectivity index (χ1) is 9.45. The maximum absolute atomic E-state index is 12.1. The molecule has 0 aliphatic carbocycles. The number of thiazole rings is 1. The third kappa shape index (κ3) is 3.55. The molecule has 1 aromatic carbocycles. The van der Waals surface area contributed by atoms with Gasteiger partial charge in [-0.15, -0.1) is 11.3 Å². The van der Waals surface area contributed by atoms with Gasteiger partial charge in [-0.05, 0) is 18.2 Å². The summed E-state index contributed by atoms with van der Waals surface area (Å²) in [4.78, 5) is 15.6. The fourth-order valence-corrected chi connectivity index (χ4v) is 2.13. The highest BCUT2D eigenvalue weighted by atomic mass is 35.5. The van der Waals surface area contributed by atoms with Crippen molar-refractivity contribution in [3.63, 3.8) is 0 Å². The van der Waals surface area contributed by atoms with Crippen molar-refractivity contribution >= 4 is 39.7 Å². The van der Waals surface area contributed by atoms with Crippen LogP contribution >= 0.6 is 22.9 Å². The van der Waals surface area contributed by atoms with Crippen molar-refractivity contribution in [2.75, 3.05) is 11.1 Å². The van der Waals surface area contributed by atoms with Gasteiger partial charge in [-0.3, -0.25) is 4.79 Å². The molecule has 1 heterocycles. The average Bonchev–Trinajstić information content (AvgIpc) is 2.79. The molecule has 2 rings (SSSR count). The molecule has 0 saturated carbocycles. The molecule has 1 aromatic heterocycles. The lowest BCUT2D eigenvalue weighted by Gasteiger charge is -2.08. The average molecular weight is 320 g/mol. The van der Waals surface area contributed by atoms with Gasteiger partial charge in [0.05, 0.1) is 5.02 Å². The standard InChI is InChI=1S/C11H8ClF2N3O2S/c12-6-3-5(1-2-8(6)19-10(13)14)16-9(18)7-4-20-11(15)17-7/h1-4,10H,(H2,15,17)(H,16,18). The van der Waals surface area contributed by atoms with E-state index in [1.54, 1.807) is 0 Å². The Balaban J connectivity index is 2.10. The Hall–Kier alpha value is -1.93. The van der Waals surface area contributed by atoms with Crippen LogP contribution in [0.4, 0.5) is 19.6 Å². The zero-order valence-electron chi connectivity index (χ0n) is 9.77. The van der Waals surface area contributed by atoms with Gasteiger partial charge < -0.3 is 15.8 Å². The largest absolute Gasteiger partial charge is 0.433 e. The van der Waals surface area contributed by atoms with Crippen molar-refractivity contribution in [2.45, 2.75) is 6.61 Å². The number of rotatable bonds is 4. The van der Waals surface area contributed by atoms with Gasteiger partial charge in [-0.1, -0.05) is 11.6 Å². The van der Waals surface area contributed by atoms with E-state index < -0.39 is 12.5 Å². The summed E-state index contributed by atoms with van der Waals surface area (Å²) in [5.74, 6) is -0.644. The summed E-state index contributed by atoms with van der Waals surface area (Å²) in [5.41, 5.74) is 5.91. The number of halogens is 3. The summed E-state index contributed by atoms with van der Waals surface area (Å²) >= 11 is 6.90. The molecule has 0 aliphatic heterocycles. The Kier molecular flexibility index (Phi) is 4.35. The Bertz CT molecular complexity index is 636. The number of aromatic nitrogens is 1. The highest BCUT2D eigenvalue weighted by Gasteiger charge is 2.12. The van der Waals surface area contributed by atoms with E-state index in [0.717, 1.165) is 11.3 Å². The second kappa shape index (κ2) is 6.02. The molecule has 9 heteroatoms. The fraction of sp³-hybridized carbons (Fsp3) is 0.0909. The maximum atomic E-state index is 12.1. The molecule has 2 aromatic rings. The zero-order valence-corrected chi connectivity index (χ0v) is 11.3. The van der Waals surface area contributed by atoms with Crippen LogP contribution in [0.1, 0.15) is 10.5 Å². The van der Waals surface area contributed by atoms with Crippen LogP contribution in [0.25, 0.3) is 0 Å². The number of alkyl halides is 2. The number of hydrogen-bond donors (Lipinski definition) is 2. The second-order valence-corrected chi connectivity index (χ2v) is 4.85. The van der Waals surface area contributed by atoms with E-state index in [0.29, 0.717) is 5.69 Å². The van der Waals surface area contributed by atoms with E-state index in [-0.39, 0.29) is 21.6 Å². The Morgan fingerprint density at radius 1 is 1.50 bits per heavy atom. The zero-order chi connectivity index (χ0) is 14.7. The lowest BCUT2D eigenvalue weighted by molar-refractivity contribution is -0.0497. The van der Waals surface area contributed by atoms with E-state index in [2.05, 4.69) is 15.0 Å². The topological polar surface area (TPSA) is 77.2 Å². The van der Waals surface area contributed by atoms with Gasteiger partial charge in [-0.25, -0.2) is 4.98 Å². The third-order valence-electron chi connectivity index (χ3n) is 2.16. The summed E-state index contributed by atoms with van der Waals surface area (Å²) in [6, 6.07) is 3.92. The number of ether oxygens (including phenoxy) is 1. The molecule has 0 bridgehead atoms. The maximum Gasteiger partial charge on any atom is 0.387 e. The number of nitrogens with two attached hydrogens (primary N) is 1. The SMILES string of the molecule is Nc1nc(C(=O)Nc2ccc(OC(F)F)c(Cl)c2)cs1. The summed E-state index contributed by atoms with van der Waals surface area (Å²) in [6.07, 6.45) is 0. The van der Waals surface area contributed by atoms with Gasteiger partial charge in [0.25, 0.3) is 5.91 Å². The molecule has 0 radical (unpaired) electrons. The predicted octanol–water partition coefficient (Wildman–Crippen LogP) is 3.23. The van der Waals surface area contributed by atoms with Gasteiger partial charge in [0.15, 0.2) is 5.13 Å². The first kappa shape index (κ1) is 14.5. The summed E-state index contributed by atoms with van der Waals surface area (Å²) in [5, 5.41) is 4.25. The number of amides is 1. The van der Waals surface area contributed by atoms with E-state index in [4.69, 9.17) is 17.3 Å². The first-order valence-corrected chi connectivity index (χ1v) is 6.48. The number of nitrogens with zero attached hydrogens (tertiary/aromatic N) is 1. The molecule has 0 aliphatic rings. The van der Waals surface area contributed by atoms with Gasteiger partial charge in [-0.2, -0.15) is 8.78 Å². The number of nitrogen functional groups attached to an aromatic ring is 1. The van der Waals surface area contributed by atoms with Crippen LogP contribution in [0.3, 0.4) is 0 Å². The minimum absolute atomic E-state index is 0.0408. The summed E-state index contributed by atoms with van der Waals surface area (Å²) in [6.45, 7) is -2.97. The van der Waals surface area contributed by atoms with Crippen LogP contribution in [0.5, 0.6) is 5.75 Å². The van der Waals surface area contributed by atoms with Crippen LogP contribution in [-0.2, 0) is 0 Å². The molecule has 3 N–H and O–H groups in total. The molecule has 0 atom stereocenters. The van der Waals surface area contributed by atoms with E-state index in [1.807, 2.05) is 0 Å². The minimum Gasteiger partial charge on any atom is -0.433 e. The second-order valence-electron chi connectivity index (χ2n) is 3.55. The highest BCUT2D eigenvalue weighted by Crippen LogP contribution is 2.29. The van der Waals surface area contributed by atoms with Crippen molar-refractivity contribution < 1.29 is 18.3 Å². The molecule has 0 fully saturated rings. The van der Waals surface area contributed by atoms with E-state index >= 15 is 0 Å². The van der Waals surface area contributed by atoms with Crippen LogP contribution in [0.15, 0.2) is 23.6 Å². The minimum atomic E-state index is -2.97. The van der Waals surface area contributed by atoms with Crippen molar-refractivity contribution in [3.8, 4) is 5.75 Å². The highest BCUT2D eigenvalue weighted by molar-refractivity contribution is 7.13. The first-order valence-electron chi connectivity index (χ1n) is 5.22. The van der Waals surface area contributed by atoms with Crippen LogP contribution in [0, 0.1) is 0 Å². The molecule has 0 unspecified atom stereocenters. The molecule has 20 heavy (non-hydrogen) atoms. The summed E-state index contributed by atoms with van der Waals surface area (Å²) < 4.78 is 28.3. The van der Waals surface area contributed by atoms with Gasteiger partial charge in [0.2, 0.25) is 0 Å². The molecule has 5 nitrogen and oxygen atoms in total. The molecule has 1 amide bonds. The van der Waals surface area contributed by atoms with Crippen LogP contribution < -0.4 is 15.8 Å². The number of carbonyl (C=O) groups excluding carboxylic acids is 1. The number of benzene rings is 1. The predicted molar refractivity (Wildman–Crippen MR) is 72.6 cm³/mol. The lowest BCUT2D eigenvalue weighted by Crippen LogP contribution is -2.12. The number of carbonyl (C=O) groups is 1. The van der Waals surface area contributed by atoms with Gasteiger partial charge in [0, 0.05) is 11.1 Å². The normalized spacial score (nSPS) is 10.6. The summed E-state index contributed by atoms with van der Waals surface area (Å²) in [7, 11) is 0. The van der Waals surface area contributed by atoms with Crippen LogP contribution in [0.2, 0.25) is 5.02 Å². The van der Waals surface area contributed by atoms with Gasteiger partial charge >= 0.3 is 6.61 Å². The number of nitrogens with one attached hydrogen (secondary N) is 1. The Morgan fingerprint density at radius 2 is 2.25 bits per heavy atom. The number of anilines is 2. The van der Waals surface area contributed by atoms with Crippen molar-refractivity contribution in [1.82, 2.24) is 4.98 Å². The molecule has 0 spiro atoms. The van der Waals surface area contributed by atoms with Crippen molar-refractivity contribution in [1.29, 1.82) is 0 Å². The smallest absolute Gasteiger partial charge is 0.387 e. The van der Waals surface area contributed by atoms with Gasteiger partial charge in [0.1, 0.15) is 11.4 Å². The Labute approximate surface area is 121 Å². The lowest BCUT2D eigenvalue weighted by atomic mass is 10.3. The van der Waals surface area contributed by atoms with Crippen LogP contribution in [-0.4, -0.2) is 17.5 Å². The fourth-order valence-electron chi connectivity index (χ4n) is 1.36. The van der Waals surface area contributed by atoms with Crippen molar-refractivity contribution in [2.24, 2.45) is 0 Å². The molecular weight excluding hydrogens is 312 g/mol. The van der Waals surface area contributed by atoms with Crippen molar-refractivity contribution in [3.05, 3.63) is 34.3 Å². The third-order valence-corrected chi connectivity index (χ3v) is 3.13. The Morgan fingerprint density at radius 3 is 2.80 bits per heavy atom. The monoisotopic (exact) mass is 319 g/mol. The van der Waals surface area contributed by atoms with E-state index in [1.165, 1.54) is 23.6 Å². The molecule has 106 valence electrons. The quantitative estimate of drug-likeness (QED) is 0.907. The van der Waals surface area contributed by atoms with E-state index in [9.17, 15) is 13.6 Å². The molecule has 0 saturated heterocycles. The number of hydrogen-bond acceptors (Lipinski definition) is 5.